The van der Waals surface area contributed by atoms with Crippen molar-refractivity contribution in [1.29, 1.82) is 0 Å². The van der Waals surface area contributed by atoms with Crippen LogP contribution in [0.2, 0.25) is 0 Å². The van der Waals surface area contributed by atoms with Crippen LogP contribution in [0.3, 0.4) is 0 Å². The molecule has 0 heterocycles. The van der Waals surface area contributed by atoms with E-state index in [-0.39, 0.29) is 0 Å². The molecule has 0 aliphatic heterocycles. The second-order valence-corrected chi connectivity index (χ2v) is 6.09. The molecule has 0 saturated heterocycles. The number of anilines is 1. The molecule has 0 bridgehead atoms. The van der Waals surface area contributed by atoms with Crippen molar-refractivity contribution < 1.29 is 0 Å². The minimum Gasteiger partial charge on any atom is -0.371 e. The van der Waals surface area contributed by atoms with E-state index in [2.05, 4.69) is 70.0 Å². The van der Waals surface area contributed by atoms with Gasteiger partial charge in [0.05, 0.1) is 0 Å². The van der Waals surface area contributed by atoms with Crippen LogP contribution in [0.5, 0.6) is 0 Å². The molecule has 1 aromatic rings. The zero-order chi connectivity index (χ0) is 14.4. The molecular formula is C17H30N2. The topological polar surface area (TPSA) is 15.3 Å². The van der Waals surface area contributed by atoms with Gasteiger partial charge in [-0.25, -0.2) is 0 Å². The van der Waals surface area contributed by atoms with Gasteiger partial charge in [0, 0.05) is 31.4 Å². The first-order chi connectivity index (χ1) is 8.93. The maximum atomic E-state index is 3.47. The maximum Gasteiger partial charge on any atom is 0.0396 e. The van der Waals surface area contributed by atoms with Gasteiger partial charge in [-0.05, 0) is 37.0 Å². The zero-order valence-electron chi connectivity index (χ0n) is 13.5. The molecule has 2 nitrogen and oxygen atoms in total. The van der Waals surface area contributed by atoms with Gasteiger partial charge < -0.3 is 10.2 Å². The summed E-state index contributed by atoms with van der Waals surface area (Å²) in [5.74, 6) is 0.696. The predicted molar refractivity (Wildman–Crippen MR) is 85.9 cm³/mol. The molecule has 0 aliphatic rings. The SMILES string of the molecule is CCN(CC(C)C)c1ccc(CNC(C)C)cc1C. The van der Waals surface area contributed by atoms with Crippen LogP contribution in [0.25, 0.3) is 0 Å². The molecule has 0 atom stereocenters. The highest BCUT2D eigenvalue weighted by Crippen LogP contribution is 2.22. The fourth-order valence-electron chi connectivity index (χ4n) is 2.34. The lowest BCUT2D eigenvalue weighted by Gasteiger charge is -2.27. The van der Waals surface area contributed by atoms with Crippen LogP contribution in [-0.4, -0.2) is 19.1 Å². The summed E-state index contributed by atoms with van der Waals surface area (Å²) in [6.45, 7) is 16.5. The molecule has 1 rings (SSSR count). The van der Waals surface area contributed by atoms with Crippen LogP contribution in [0.15, 0.2) is 18.2 Å². The third-order valence-corrected chi connectivity index (χ3v) is 3.28. The summed E-state index contributed by atoms with van der Waals surface area (Å²) in [6.07, 6.45) is 0. The van der Waals surface area contributed by atoms with Gasteiger partial charge in [-0.3, -0.25) is 0 Å². The van der Waals surface area contributed by atoms with Gasteiger partial charge in [0.1, 0.15) is 0 Å². The Kier molecular flexibility index (Phi) is 6.36. The lowest BCUT2D eigenvalue weighted by Crippen LogP contribution is -2.28. The Morgan fingerprint density at radius 3 is 2.32 bits per heavy atom. The molecule has 0 unspecified atom stereocenters. The van der Waals surface area contributed by atoms with E-state index in [0.29, 0.717) is 12.0 Å². The van der Waals surface area contributed by atoms with Crippen molar-refractivity contribution in [2.75, 3.05) is 18.0 Å². The maximum absolute atomic E-state index is 3.47. The fourth-order valence-corrected chi connectivity index (χ4v) is 2.34. The summed E-state index contributed by atoms with van der Waals surface area (Å²) in [5, 5.41) is 3.47. The molecule has 1 aromatic carbocycles. The Hall–Kier alpha value is -1.02. The van der Waals surface area contributed by atoms with Crippen molar-refractivity contribution in [1.82, 2.24) is 5.32 Å². The van der Waals surface area contributed by atoms with E-state index in [0.717, 1.165) is 19.6 Å². The quantitative estimate of drug-likeness (QED) is 0.799. The molecule has 0 radical (unpaired) electrons. The van der Waals surface area contributed by atoms with E-state index in [1.54, 1.807) is 0 Å². The molecule has 0 amide bonds. The Morgan fingerprint density at radius 2 is 1.84 bits per heavy atom. The second kappa shape index (κ2) is 7.54. The predicted octanol–water partition coefficient (Wildman–Crippen LogP) is 3.98. The Morgan fingerprint density at radius 1 is 1.16 bits per heavy atom. The molecule has 0 aromatic heterocycles. The number of aryl methyl sites for hydroxylation is 1. The van der Waals surface area contributed by atoms with Gasteiger partial charge in [0.25, 0.3) is 0 Å². The van der Waals surface area contributed by atoms with Gasteiger partial charge in [-0.1, -0.05) is 39.8 Å². The lowest BCUT2D eigenvalue weighted by atomic mass is 10.1. The summed E-state index contributed by atoms with van der Waals surface area (Å²) in [4.78, 5) is 2.47. The van der Waals surface area contributed by atoms with E-state index in [1.807, 2.05) is 0 Å². The van der Waals surface area contributed by atoms with Gasteiger partial charge in [-0.15, -0.1) is 0 Å². The highest BCUT2D eigenvalue weighted by Gasteiger charge is 2.09. The molecule has 2 heteroatoms. The Balaban J connectivity index is 2.80. The van der Waals surface area contributed by atoms with Crippen molar-refractivity contribution >= 4 is 5.69 Å². The molecule has 19 heavy (non-hydrogen) atoms. The summed E-state index contributed by atoms with van der Waals surface area (Å²) in [6, 6.07) is 7.38. The number of hydrogen-bond acceptors (Lipinski definition) is 2. The monoisotopic (exact) mass is 262 g/mol. The number of rotatable bonds is 7. The van der Waals surface area contributed by atoms with Gasteiger partial charge in [0.15, 0.2) is 0 Å². The first-order valence-electron chi connectivity index (χ1n) is 7.51. The number of nitrogens with one attached hydrogen (secondary N) is 1. The van der Waals surface area contributed by atoms with Gasteiger partial charge in [0.2, 0.25) is 0 Å². The van der Waals surface area contributed by atoms with E-state index < -0.39 is 0 Å². The summed E-state index contributed by atoms with van der Waals surface area (Å²) in [5.41, 5.74) is 4.13. The van der Waals surface area contributed by atoms with Crippen molar-refractivity contribution in [3.05, 3.63) is 29.3 Å². The smallest absolute Gasteiger partial charge is 0.0396 e. The van der Waals surface area contributed by atoms with E-state index in [4.69, 9.17) is 0 Å². The minimum atomic E-state index is 0.535. The largest absolute Gasteiger partial charge is 0.371 e. The average molecular weight is 262 g/mol. The molecule has 1 N–H and O–H groups in total. The van der Waals surface area contributed by atoms with Crippen LogP contribution in [0, 0.1) is 12.8 Å². The summed E-state index contributed by atoms with van der Waals surface area (Å²) >= 11 is 0. The van der Waals surface area contributed by atoms with Crippen molar-refractivity contribution in [3.8, 4) is 0 Å². The third-order valence-electron chi connectivity index (χ3n) is 3.28. The van der Waals surface area contributed by atoms with Crippen molar-refractivity contribution in [2.24, 2.45) is 5.92 Å². The number of nitrogens with zero attached hydrogens (tertiary/aromatic N) is 1. The van der Waals surface area contributed by atoms with Crippen LogP contribution in [0.1, 0.15) is 45.7 Å². The van der Waals surface area contributed by atoms with E-state index >= 15 is 0 Å². The molecule has 0 spiro atoms. The Labute approximate surface area is 119 Å². The summed E-state index contributed by atoms with van der Waals surface area (Å²) in [7, 11) is 0. The van der Waals surface area contributed by atoms with Crippen LogP contribution in [0.4, 0.5) is 5.69 Å². The molecule has 0 fully saturated rings. The van der Waals surface area contributed by atoms with Crippen molar-refractivity contribution in [3.63, 3.8) is 0 Å². The van der Waals surface area contributed by atoms with Crippen molar-refractivity contribution in [2.45, 2.75) is 54.1 Å². The standard InChI is InChI=1S/C17H30N2/c1-7-19(12-13(2)3)17-9-8-16(10-15(17)6)11-18-14(4)5/h8-10,13-14,18H,7,11-12H2,1-6H3. The lowest BCUT2D eigenvalue weighted by molar-refractivity contribution is 0.588. The van der Waals surface area contributed by atoms with Crippen LogP contribution >= 0.6 is 0 Å². The third kappa shape index (κ3) is 5.23. The van der Waals surface area contributed by atoms with Crippen LogP contribution < -0.4 is 10.2 Å². The number of benzene rings is 1. The second-order valence-electron chi connectivity index (χ2n) is 6.09. The van der Waals surface area contributed by atoms with Gasteiger partial charge in [-0.2, -0.15) is 0 Å². The molecular weight excluding hydrogens is 232 g/mol. The van der Waals surface area contributed by atoms with E-state index in [9.17, 15) is 0 Å². The first kappa shape index (κ1) is 16.0. The van der Waals surface area contributed by atoms with E-state index in [1.165, 1.54) is 16.8 Å². The Bertz CT molecular complexity index is 383. The highest BCUT2D eigenvalue weighted by atomic mass is 15.1. The highest BCUT2D eigenvalue weighted by molar-refractivity contribution is 5.54. The molecule has 0 saturated carbocycles. The van der Waals surface area contributed by atoms with Gasteiger partial charge >= 0.3 is 0 Å². The first-order valence-corrected chi connectivity index (χ1v) is 7.51. The fraction of sp³-hybridized carbons (Fsp3) is 0.647. The molecule has 0 aliphatic carbocycles. The number of hydrogen-bond donors (Lipinski definition) is 1. The average Bonchev–Trinajstić information content (AvgIpc) is 2.33. The van der Waals surface area contributed by atoms with Crippen LogP contribution in [-0.2, 0) is 6.54 Å². The zero-order valence-corrected chi connectivity index (χ0v) is 13.5. The summed E-state index contributed by atoms with van der Waals surface area (Å²) < 4.78 is 0. The normalized spacial score (nSPS) is 11.4. The minimum absolute atomic E-state index is 0.535. The molecule has 108 valence electrons.